The Hall–Kier alpha value is -0.109. The molecule has 0 spiro atoms. The molecule has 0 bridgehead atoms. The number of hydrogen-bond donors (Lipinski definition) is 0. The van der Waals surface area contributed by atoms with Crippen LogP contribution in [0.4, 0.5) is 0 Å². The second-order valence-electron chi connectivity index (χ2n) is 6.16. The first kappa shape index (κ1) is 16.3. The molecule has 0 aliphatic heterocycles. The average Bonchev–Trinajstić information content (AvgIpc) is 2.95. The molecule has 0 heterocycles. The van der Waals surface area contributed by atoms with Gasteiger partial charge in [-0.05, 0) is 0 Å². The number of rotatable bonds is 4. The molecule has 2 aliphatic carbocycles. The number of hydrogen-bond acceptors (Lipinski definition) is 0. The Labute approximate surface area is 131 Å². The summed E-state index contributed by atoms with van der Waals surface area (Å²) in [6.07, 6.45) is 9.83. The molecule has 0 fully saturated rings. The molecule has 0 saturated carbocycles. The summed E-state index contributed by atoms with van der Waals surface area (Å²) in [6.45, 7) is 14.5. The van der Waals surface area contributed by atoms with Gasteiger partial charge in [0.1, 0.15) is 0 Å². The monoisotopic (exact) mass is 320 g/mol. The van der Waals surface area contributed by atoms with E-state index >= 15 is 0 Å². The molecular weight excluding hydrogens is 292 g/mol. The Morgan fingerprint density at radius 1 is 0.900 bits per heavy atom. The SMILES string of the molecule is CCC1=CC[C]([Ti]([C]2=C(C)C(CC)=CC2)=[Si](C)C)=C1C. The van der Waals surface area contributed by atoms with Gasteiger partial charge in [-0.15, -0.1) is 0 Å². The molecule has 0 radical (unpaired) electrons. The fraction of sp³-hybridized carbons (Fsp3) is 0.556. The van der Waals surface area contributed by atoms with E-state index in [4.69, 9.17) is 0 Å². The van der Waals surface area contributed by atoms with E-state index in [1.165, 1.54) is 25.7 Å². The van der Waals surface area contributed by atoms with Crippen molar-refractivity contribution in [1.82, 2.24) is 0 Å². The van der Waals surface area contributed by atoms with E-state index in [0.29, 0.717) is 0 Å². The Bertz CT molecular complexity index is 533. The fourth-order valence-electron chi connectivity index (χ4n) is 3.63. The van der Waals surface area contributed by atoms with E-state index in [1.54, 1.807) is 22.3 Å². The predicted octanol–water partition coefficient (Wildman–Crippen LogP) is 5.88. The Balaban J connectivity index is 2.46. The van der Waals surface area contributed by atoms with Gasteiger partial charge in [0.05, 0.1) is 0 Å². The summed E-state index contributed by atoms with van der Waals surface area (Å²) in [4.78, 5) is 0. The van der Waals surface area contributed by atoms with Crippen LogP contribution in [0.15, 0.2) is 42.2 Å². The molecular formula is C18H28SiTi. The van der Waals surface area contributed by atoms with Gasteiger partial charge in [-0.2, -0.15) is 0 Å². The van der Waals surface area contributed by atoms with Crippen LogP contribution in [0.2, 0.25) is 13.1 Å². The van der Waals surface area contributed by atoms with E-state index in [-0.39, 0.29) is 6.19 Å². The van der Waals surface area contributed by atoms with Gasteiger partial charge in [0, 0.05) is 0 Å². The Morgan fingerprint density at radius 2 is 1.30 bits per heavy atom. The predicted molar refractivity (Wildman–Crippen MR) is 88.9 cm³/mol. The van der Waals surface area contributed by atoms with E-state index in [1.807, 2.05) is 7.76 Å². The van der Waals surface area contributed by atoms with E-state index in [2.05, 4.69) is 52.9 Å². The molecule has 108 valence electrons. The third-order valence-corrected chi connectivity index (χ3v) is 16.7. The van der Waals surface area contributed by atoms with Crippen molar-refractivity contribution in [1.29, 1.82) is 0 Å². The van der Waals surface area contributed by atoms with Gasteiger partial charge >= 0.3 is 131 Å². The van der Waals surface area contributed by atoms with Crippen LogP contribution in [-0.4, -0.2) is 6.19 Å². The Kier molecular flexibility index (Phi) is 5.50. The molecule has 0 amide bonds. The molecule has 0 N–H and O–H groups in total. The second-order valence-corrected chi connectivity index (χ2v) is 18.0. The maximum atomic E-state index is 2.56. The molecule has 0 aromatic carbocycles. The van der Waals surface area contributed by atoms with Gasteiger partial charge in [-0.25, -0.2) is 0 Å². The molecule has 20 heavy (non-hydrogen) atoms. The summed E-state index contributed by atoms with van der Waals surface area (Å²) in [5.74, 6) is 0. The van der Waals surface area contributed by atoms with Gasteiger partial charge in [0.25, 0.3) is 0 Å². The molecule has 2 rings (SSSR count). The van der Waals surface area contributed by atoms with Crippen LogP contribution in [-0.2, 0) is 16.6 Å². The molecule has 0 unspecified atom stereocenters. The molecule has 0 saturated heterocycles. The second kappa shape index (κ2) is 6.77. The van der Waals surface area contributed by atoms with Crippen LogP contribution in [0.3, 0.4) is 0 Å². The van der Waals surface area contributed by atoms with Gasteiger partial charge in [-0.1, -0.05) is 0 Å². The summed E-state index contributed by atoms with van der Waals surface area (Å²) in [7, 11) is 0. The average molecular weight is 320 g/mol. The van der Waals surface area contributed by atoms with Crippen LogP contribution in [0.1, 0.15) is 53.4 Å². The van der Waals surface area contributed by atoms with Gasteiger partial charge in [0.15, 0.2) is 0 Å². The van der Waals surface area contributed by atoms with Crippen LogP contribution < -0.4 is 0 Å². The van der Waals surface area contributed by atoms with Crippen molar-refractivity contribution in [2.24, 2.45) is 0 Å². The standard InChI is InChI=1S/2C8H11.C2H6Si.Ti/c2*1-3-8-6-4-5-7(8)2;1-3-2;/h2*6H,3-4H2,1-2H3;1-2H3;. The molecule has 2 heteroatoms. The van der Waals surface area contributed by atoms with Crippen LogP contribution in [0.25, 0.3) is 0 Å². The normalized spacial score (nSPS) is 18.7. The molecule has 0 nitrogen and oxygen atoms in total. The zero-order chi connectivity index (χ0) is 14.9. The van der Waals surface area contributed by atoms with Crippen LogP contribution in [0.5, 0.6) is 0 Å². The molecule has 0 aromatic rings. The van der Waals surface area contributed by atoms with Crippen LogP contribution in [0, 0.1) is 0 Å². The molecule has 0 aromatic heterocycles. The minimum absolute atomic E-state index is 0.182. The maximum absolute atomic E-state index is 2.56. The topological polar surface area (TPSA) is 0 Å². The summed E-state index contributed by atoms with van der Waals surface area (Å²) in [5.41, 5.74) is 6.62. The third-order valence-electron chi connectivity index (χ3n) is 4.84. The van der Waals surface area contributed by atoms with E-state index in [0.717, 1.165) is 0 Å². The van der Waals surface area contributed by atoms with E-state index in [9.17, 15) is 0 Å². The van der Waals surface area contributed by atoms with E-state index < -0.39 is 16.6 Å². The first-order chi connectivity index (χ1) is 9.51. The molecule has 0 atom stereocenters. The third kappa shape index (κ3) is 2.91. The zero-order valence-corrected chi connectivity index (χ0v) is 16.5. The fourth-order valence-corrected chi connectivity index (χ4v) is 16.1. The first-order valence-electron chi connectivity index (χ1n) is 7.97. The first-order valence-corrected chi connectivity index (χ1v) is 14.4. The quantitative estimate of drug-likeness (QED) is 0.567. The summed E-state index contributed by atoms with van der Waals surface area (Å²) in [6, 6.07) is 0. The van der Waals surface area contributed by atoms with Gasteiger partial charge in [0.2, 0.25) is 0 Å². The van der Waals surface area contributed by atoms with Crippen molar-refractivity contribution < 1.29 is 16.6 Å². The van der Waals surface area contributed by atoms with Crippen molar-refractivity contribution >= 4 is 6.19 Å². The molecule has 2 aliphatic rings. The minimum atomic E-state index is -1.20. The summed E-state index contributed by atoms with van der Waals surface area (Å²) >= 11 is -1.20. The van der Waals surface area contributed by atoms with Gasteiger partial charge in [-0.3, -0.25) is 0 Å². The van der Waals surface area contributed by atoms with Crippen molar-refractivity contribution in [3.63, 3.8) is 0 Å². The zero-order valence-electron chi connectivity index (χ0n) is 14.0. The van der Waals surface area contributed by atoms with Gasteiger partial charge < -0.3 is 0 Å². The summed E-state index contributed by atoms with van der Waals surface area (Å²) in [5, 5.41) is 0. The van der Waals surface area contributed by atoms with Crippen molar-refractivity contribution in [3.8, 4) is 0 Å². The van der Waals surface area contributed by atoms with Crippen LogP contribution >= 0.6 is 0 Å². The number of allylic oxidation sites excluding steroid dienone is 8. The summed E-state index contributed by atoms with van der Waals surface area (Å²) < 4.78 is 3.81. The van der Waals surface area contributed by atoms with Crippen molar-refractivity contribution in [2.75, 3.05) is 0 Å². The Morgan fingerprint density at radius 3 is 1.55 bits per heavy atom. The van der Waals surface area contributed by atoms with Crippen molar-refractivity contribution in [2.45, 2.75) is 66.5 Å². The van der Waals surface area contributed by atoms with Crippen molar-refractivity contribution in [3.05, 3.63) is 42.2 Å².